The Morgan fingerprint density at radius 2 is 2.41 bits per heavy atom. The molecule has 4 nitrogen and oxygen atoms in total. The van der Waals surface area contributed by atoms with Gasteiger partial charge in [-0.3, -0.25) is 4.79 Å². The number of hydrogen-bond donors (Lipinski definition) is 2. The van der Waals surface area contributed by atoms with Crippen LogP contribution in [0.1, 0.15) is 30.7 Å². The number of nitrogens with two attached hydrogens (primary N) is 1. The molecule has 5 heteroatoms. The first-order valence-corrected chi connectivity index (χ1v) is 6.61. The van der Waals surface area contributed by atoms with E-state index >= 15 is 0 Å². The topological polar surface area (TPSA) is 64.3 Å². The molecule has 0 saturated carbocycles. The molecule has 0 aliphatic rings. The summed E-state index contributed by atoms with van der Waals surface area (Å²) >= 11 is 1.63. The van der Waals surface area contributed by atoms with Gasteiger partial charge in [-0.05, 0) is 31.2 Å². The highest BCUT2D eigenvalue weighted by Gasteiger charge is 2.16. The SMILES string of the molecule is COCCCC(N)C(=O)N[C@@H](C)c1cccs1. The molecule has 1 amide bonds. The zero-order chi connectivity index (χ0) is 12.7. The Kier molecular flexibility index (Phi) is 6.18. The molecule has 17 heavy (non-hydrogen) atoms. The molecule has 3 N–H and O–H groups in total. The number of nitrogens with one attached hydrogen (secondary N) is 1. The van der Waals surface area contributed by atoms with Crippen molar-refractivity contribution in [3.63, 3.8) is 0 Å². The molecule has 0 aromatic carbocycles. The molecule has 0 saturated heterocycles. The standard InChI is InChI=1S/C12H20N2O2S/c1-9(11-6-4-8-17-11)14-12(15)10(13)5-3-7-16-2/h4,6,8-10H,3,5,7,13H2,1-2H3,(H,14,15)/t9-,10?/m0/s1. The predicted octanol–water partition coefficient (Wildman–Crippen LogP) is 1.68. The van der Waals surface area contributed by atoms with Crippen LogP contribution in [-0.4, -0.2) is 25.7 Å². The van der Waals surface area contributed by atoms with E-state index in [9.17, 15) is 4.79 Å². The van der Waals surface area contributed by atoms with E-state index in [0.717, 1.165) is 11.3 Å². The van der Waals surface area contributed by atoms with Gasteiger partial charge in [0.15, 0.2) is 0 Å². The Morgan fingerprint density at radius 3 is 3.00 bits per heavy atom. The van der Waals surface area contributed by atoms with E-state index in [-0.39, 0.29) is 11.9 Å². The van der Waals surface area contributed by atoms with Crippen LogP contribution in [0, 0.1) is 0 Å². The van der Waals surface area contributed by atoms with E-state index in [4.69, 9.17) is 10.5 Å². The minimum atomic E-state index is -0.451. The molecular weight excluding hydrogens is 236 g/mol. The van der Waals surface area contributed by atoms with Crippen LogP contribution in [0.25, 0.3) is 0 Å². The van der Waals surface area contributed by atoms with Crippen LogP contribution in [0.4, 0.5) is 0 Å². The molecule has 1 aromatic heterocycles. The van der Waals surface area contributed by atoms with Gasteiger partial charge in [-0.15, -0.1) is 11.3 Å². The van der Waals surface area contributed by atoms with Gasteiger partial charge in [0.1, 0.15) is 0 Å². The van der Waals surface area contributed by atoms with Gasteiger partial charge in [0.25, 0.3) is 0 Å². The number of ether oxygens (including phenoxy) is 1. The number of thiophene rings is 1. The van der Waals surface area contributed by atoms with Crippen molar-refractivity contribution in [2.45, 2.75) is 31.8 Å². The maximum Gasteiger partial charge on any atom is 0.237 e. The largest absolute Gasteiger partial charge is 0.385 e. The van der Waals surface area contributed by atoms with Gasteiger partial charge >= 0.3 is 0 Å². The molecule has 1 heterocycles. The van der Waals surface area contributed by atoms with Gasteiger partial charge in [0.05, 0.1) is 12.1 Å². The van der Waals surface area contributed by atoms with E-state index < -0.39 is 6.04 Å². The number of amides is 1. The summed E-state index contributed by atoms with van der Waals surface area (Å²) in [6.45, 7) is 2.60. The Balaban J connectivity index is 2.33. The molecular formula is C12H20N2O2S. The highest BCUT2D eigenvalue weighted by atomic mass is 32.1. The second-order valence-electron chi connectivity index (χ2n) is 3.99. The fourth-order valence-electron chi connectivity index (χ4n) is 1.51. The lowest BCUT2D eigenvalue weighted by Crippen LogP contribution is -2.41. The monoisotopic (exact) mass is 256 g/mol. The van der Waals surface area contributed by atoms with Crippen LogP contribution in [0.15, 0.2) is 17.5 Å². The zero-order valence-electron chi connectivity index (χ0n) is 10.3. The maximum atomic E-state index is 11.8. The fraction of sp³-hybridized carbons (Fsp3) is 0.583. The molecule has 1 rings (SSSR count). The van der Waals surface area contributed by atoms with Crippen molar-refractivity contribution >= 4 is 17.2 Å². The number of rotatable bonds is 7. The first kappa shape index (κ1) is 14.2. The van der Waals surface area contributed by atoms with E-state index in [2.05, 4.69) is 5.32 Å². The summed E-state index contributed by atoms with van der Waals surface area (Å²) in [6.07, 6.45) is 1.45. The van der Waals surface area contributed by atoms with Gasteiger partial charge in [0.2, 0.25) is 5.91 Å². The molecule has 1 unspecified atom stereocenters. The Bertz CT molecular complexity index is 327. The molecule has 1 aromatic rings. The van der Waals surface area contributed by atoms with Crippen molar-refractivity contribution in [1.82, 2.24) is 5.32 Å². The lowest BCUT2D eigenvalue weighted by atomic mass is 10.1. The molecule has 2 atom stereocenters. The summed E-state index contributed by atoms with van der Waals surface area (Å²) in [7, 11) is 1.64. The Labute approximate surface area is 106 Å². The third kappa shape index (κ3) is 4.85. The average Bonchev–Trinajstić information content (AvgIpc) is 2.82. The Morgan fingerprint density at radius 1 is 1.65 bits per heavy atom. The van der Waals surface area contributed by atoms with Crippen LogP contribution in [0.2, 0.25) is 0 Å². The minimum Gasteiger partial charge on any atom is -0.385 e. The second kappa shape index (κ2) is 7.42. The first-order valence-electron chi connectivity index (χ1n) is 5.73. The quantitative estimate of drug-likeness (QED) is 0.730. The van der Waals surface area contributed by atoms with Crippen molar-refractivity contribution in [2.75, 3.05) is 13.7 Å². The molecule has 0 radical (unpaired) electrons. The molecule has 0 aliphatic carbocycles. The molecule has 0 spiro atoms. The lowest BCUT2D eigenvalue weighted by Gasteiger charge is -2.16. The fourth-order valence-corrected chi connectivity index (χ4v) is 2.24. The van der Waals surface area contributed by atoms with Crippen molar-refractivity contribution in [1.29, 1.82) is 0 Å². The highest BCUT2D eigenvalue weighted by molar-refractivity contribution is 7.10. The van der Waals surface area contributed by atoms with Crippen molar-refractivity contribution in [3.05, 3.63) is 22.4 Å². The van der Waals surface area contributed by atoms with Crippen LogP contribution in [0.5, 0.6) is 0 Å². The van der Waals surface area contributed by atoms with Gasteiger partial charge in [-0.25, -0.2) is 0 Å². The molecule has 96 valence electrons. The summed E-state index contributed by atoms with van der Waals surface area (Å²) in [6, 6.07) is 3.55. The van der Waals surface area contributed by atoms with Crippen LogP contribution < -0.4 is 11.1 Å². The van der Waals surface area contributed by atoms with E-state index in [1.54, 1.807) is 18.4 Å². The predicted molar refractivity (Wildman–Crippen MR) is 70.0 cm³/mol. The third-order valence-electron chi connectivity index (χ3n) is 2.53. The van der Waals surface area contributed by atoms with Gasteiger partial charge < -0.3 is 15.8 Å². The summed E-state index contributed by atoms with van der Waals surface area (Å²) < 4.78 is 4.93. The molecule has 0 bridgehead atoms. The van der Waals surface area contributed by atoms with Crippen LogP contribution in [0.3, 0.4) is 0 Å². The summed E-state index contributed by atoms with van der Waals surface area (Å²) in [4.78, 5) is 12.9. The van der Waals surface area contributed by atoms with Crippen LogP contribution in [-0.2, 0) is 9.53 Å². The number of hydrogen-bond acceptors (Lipinski definition) is 4. The van der Waals surface area contributed by atoms with E-state index in [1.165, 1.54) is 0 Å². The van der Waals surface area contributed by atoms with Gasteiger partial charge in [0, 0.05) is 18.6 Å². The highest BCUT2D eigenvalue weighted by Crippen LogP contribution is 2.18. The number of carbonyl (C=O) groups excluding carboxylic acids is 1. The minimum absolute atomic E-state index is 0.0241. The van der Waals surface area contributed by atoms with Crippen molar-refractivity contribution in [2.24, 2.45) is 5.73 Å². The summed E-state index contributed by atoms with van der Waals surface area (Å²) in [5, 5.41) is 4.91. The second-order valence-corrected chi connectivity index (χ2v) is 4.97. The van der Waals surface area contributed by atoms with Crippen molar-refractivity contribution < 1.29 is 9.53 Å². The zero-order valence-corrected chi connectivity index (χ0v) is 11.1. The average molecular weight is 256 g/mol. The smallest absolute Gasteiger partial charge is 0.237 e. The summed E-state index contributed by atoms with van der Waals surface area (Å²) in [5.74, 6) is -0.0954. The summed E-state index contributed by atoms with van der Waals surface area (Å²) in [5.41, 5.74) is 5.80. The maximum absolute atomic E-state index is 11.8. The van der Waals surface area contributed by atoms with Crippen LogP contribution >= 0.6 is 11.3 Å². The number of carbonyl (C=O) groups is 1. The third-order valence-corrected chi connectivity index (χ3v) is 3.58. The van der Waals surface area contributed by atoms with E-state index in [0.29, 0.717) is 13.0 Å². The van der Waals surface area contributed by atoms with Gasteiger partial charge in [-0.1, -0.05) is 6.07 Å². The normalized spacial score (nSPS) is 14.3. The Hall–Kier alpha value is -0.910. The molecule has 0 aliphatic heterocycles. The molecule has 0 fully saturated rings. The van der Waals surface area contributed by atoms with Crippen molar-refractivity contribution in [3.8, 4) is 0 Å². The van der Waals surface area contributed by atoms with Gasteiger partial charge in [-0.2, -0.15) is 0 Å². The lowest BCUT2D eigenvalue weighted by molar-refractivity contribution is -0.123. The van der Waals surface area contributed by atoms with E-state index in [1.807, 2.05) is 24.4 Å². The first-order chi connectivity index (χ1) is 8.15. The number of methoxy groups -OCH3 is 1.